The Morgan fingerprint density at radius 1 is 1.12 bits per heavy atom. The number of nitrogens with one attached hydrogen (secondary N) is 1. The van der Waals surface area contributed by atoms with Gasteiger partial charge in [0.2, 0.25) is 0 Å². The third-order valence-corrected chi connectivity index (χ3v) is 3.28. The normalized spacial score (nSPS) is 18.1. The molecule has 6 nitrogen and oxygen atoms in total. The molecule has 1 saturated carbocycles. The second-order valence-electron chi connectivity index (χ2n) is 4.58. The van der Waals surface area contributed by atoms with Crippen LogP contribution in [0.4, 0.5) is 5.82 Å². The first kappa shape index (κ1) is 10.4. The molecule has 0 radical (unpaired) electrons. The third kappa shape index (κ3) is 2.35. The quantitative estimate of drug-likeness (QED) is 0.797. The van der Waals surface area contributed by atoms with E-state index >= 15 is 0 Å². The van der Waals surface area contributed by atoms with Crippen LogP contribution in [0.15, 0.2) is 12.1 Å². The lowest BCUT2D eigenvalue weighted by atomic mass is 10.1. The van der Waals surface area contributed by atoms with Gasteiger partial charge >= 0.3 is 0 Å². The van der Waals surface area contributed by atoms with E-state index in [4.69, 9.17) is 0 Å². The molecule has 1 fully saturated rings. The third-order valence-electron chi connectivity index (χ3n) is 3.28. The molecule has 0 unspecified atom stereocenters. The van der Waals surface area contributed by atoms with Gasteiger partial charge in [-0.15, -0.1) is 14.8 Å². The van der Waals surface area contributed by atoms with E-state index in [0.717, 1.165) is 5.82 Å². The van der Waals surface area contributed by atoms with Crippen molar-refractivity contribution in [3.05, 3.63) is 12.1 Å². The first-order chi connectivity index (χ1) is 8.42. The number of nitrogens with zero attached hydrogens (tertiary/aromatic N) is 5. The molecule has 2 aromatic heterocycles. The maximum Gasteiger partial charge on any atom is 0.200 e. The molecular formula is C11H16N6. The summed E-state index contributed by atoms with van der Waals surface area (Å²) in [6, 6.07) is 4.36. The predicted octanol–water partition coefficient (Wildman–Crippen LogP) is 1.65. The van der Waals surface area contributed by atoms with Gasteiger partial charge in [0.15, 0.2) is 5.65 Å². The highest BCUT2D eigenvalue weighted by Gasteiger charge is 2.12. The molecule has 0 bridgehead atoms. The van der Waals surface area contributed by atoms with Crippen LogP contribution < -0.4 is 5.32 Å². The lowest BCUT2D eigenvalue weighted by Gasteiger charge is -2.16. The van der Waals surface area contributed by atoms with Crippen LogP contribution in [0.5, 0.6) is 0 Å². The lowest BCUT2D eigenvalue weighted by Crippen LogP contribution is -2.19. The number of aromatic nitrogens is 5. The van der Waals surface area contributed by atoms with Gasteiger partial charge in [-0.3, -0.25) is 0 Å². The Kier molecular flexibility index (Phi) is 2.85. The van der Waals surface area contributed by atoms with Crippen molar-refractivity contribution in [2.45, 2.75) is 44.6 Å². The highest BCUT2D eigenvalue weighted by atomic mass is 15.6. The Balaban J connectivity index is 1.74. The van der Waals surface area contributed by atoms with Gasteiger partial charge in [-0.25, -0.2) is 0 Å². The number of hydrogen-bond acceptors (Lipinski definition) is 5. The van der Waals surface area contributed by atoms with E-state index < -0.39 is 0 Å². The summed E-state index contributed by atoms with van der Waals surface area (Å²) < 4.78 is 1.46. The standard InChI is InChI=1S/C11H16N6/c1-2-4-6-9(5-3-1)12-10-7-8-11-13-15-16-17(11)14-10/h7-9H,1-6H2,(H,12,14). The molecule has 17 heavy (non-hydrogen) atoms. The lowest BCUT2D eigenvalue weighted by molar-refractivity contribution is 0.613. The van der Waals surface area contributed by atoms with Crippen LogP contribution in [-0.4, -0.2) is 31.3 Å². The van der Waals surface area contributed by atoms with Gasteiger partial charge < -0.3 is 5.32 Å². The summed E-state index contributed by atoms with van der Waals surface area (Å²) in [4.78, 5) is 0. The summed E-state index contributed by atoms with van der Waals surface area (Å²) >= 11 is 0. The number of rotatable bonds is 2. The highest BCUT2D eigenvalue weighted by molar-refractivity contribution is 5.42. The Morgan fingerprint density at radius 3 is 2.76 bits per heavy atom. The molecule has 6 heteroatoms. The summed E-state index contributed by atoms with van der Waals surface area (Å²) in [5.41, 5.74) is 0.677. The zero-order valence-electron chi connectivity index (χ0n) is 9.71. The molecule has 90 valence electrons. The van der Waals surface area contributed by atoms with Crippen LogP contribution in [0.25, 0.3) is 5.65 Å². The molecular weight excluding hydrogens is 216 g/mol. The van der Waals surface area contributed by atoms with Crippen LogP contribution >= 0.6 is 0 Å². The van der Waals surface area contributed by atoms with Crippen molar-refractivity contribution in [2.24, 2.45) is 0 Å². The van der Waals surface area contributed by atoms with Gasteiger partial charge in [-0.2, -0.15) is 0 Å². The Morgan fingerprint density at radius 2 is 1.94 bits per heavy atom. The Hall–Kier alpha value is -1.72. The molecule has 1 aliphatic carbocycles. The van der Waals surface area contributed by atoms with Crippen molar-refractivity contribution in [1.29, 1.82) is 0 Å². The topological polar surface area (TPSA) is 68.0 Å². The average molecular weight is 232 g/mol. The number of anilines is 1. The summed E-state index contributed by atoms with van der Waals surface area (Å²) in [6.45, 7) is 0. The molecule has 0 saturated heterocycles. The molecule has 0 spiro atoms. The fraction of sp³-hybridized carbons (Fsp3) is 0.636. The molecule has 1 N–H and O–H groups in total. The molecule has 0 amide bonds. The summed E-state index contributed by atoms with van der Waals surface area (Å²) in [5, 5.41) is 19.0. The first-order valence-corrected chi connectivity index (χ1v) is 6.24. The molecule has 2 heterocycles. The second-order valence-corrected chi connectivity index (χ2v) is 4.58. The first-order valence-electron chi connectivity index (χ1n) is 6.24. The Bertz CT molecular complexity index is 485. The van der Waals surface area contributed by atoms with Gasteiger partial charge in [-0.1, -0.05) is 25.7 Å². The van der Waals surface area contributed by atoms with Crippen molar-refractivity contribution in [2.75, 3.05) is 5.32 Å². The predicted molar refractivity (Wildman–Crippen MR) is 63.7 cm³/mol. The molecule has 2 aromatic rings. The van der Waals surface area contributed by atoms with Crippen LogP contribution in [0.1, 0.15) is 38.5 Å². The zero-order chi connectivity index (χ0) is 11.5. The van der Waals surface area contributed by atoms with E-state index in [2.05, 4.69) is 25.9 Å². The van der Waals surface area contributed by atoms with Gasteiger partial charge in [0.05, 0.1) is 0 Å². The smallest absolute Gasteiger partial charge is 0.200 e. The SMILES string of the molecule is c1cc2nnnn2nc1NC1CCCCCC1. The van der Waals surface area contributed by atoms with Crippen LogP contribution in [0.3, 0.4) is 0 Å². The van der Waals surface area contributed by atoms with E-state index in [0.29, 0.717) is 11.7 Å². The number of fused-ring (bicyclic) bond motifs is 1. The van der Waals surface area contributed by atoms with Crippen molar-refractivity contribution in [1.82, 2.24) is 25.3 Å². The van der Waals surface area contributed by atoms with Crippen LogP contribution in [0, 0.1) is 0 Å². The molecule has 1 aliphatic rings. The van der Waals surface area contributed by atoms with E-state index in [1.165, 1.54) is 43.2 Å². The van der Waals surface area contributed by atoms with Crippen molar-refractivity contribution in [3.8, 4) is 0 Å². The summed E-state index contributed by atoms with van der Waals surface area (Å²) in [5.74, 6) is 0.858. The van der Waals surface area contributed by atoms with E-state index in [-0.39, 0.29) is 0 Å². The van der Waals surface area contributed by atoms with Gasteiger partial charge in [0, 0.05) is 6.04 Å². The zero-order valence-corrected chi connectivity index (χ0v) is 9.71. The second kappa shape index (κ2) is 4.65. The van der Waals surface area contributed by atoms with Crippen molar-refractivity contribution < 1.29 is 0 Å². The molecule has 0 aromatic carbocycles. The number of tetrazole rings is 1. The van der Waals surface area contributed by atoms with Crippen molar-refractivity contribution >= 4 is 11.5 Å². The summed E-state index contributed by atoms with van der Waals surface area (Å²) in [7, 11) is 0. The van der Waals surface area contributed by atoms with Gasteiger partial charge in [-0.05, 0) is 35.4 Å². The van der Waals surface area contributed by atoms with Gasteiger partial charge in [0.25, 0.3) is 0 Å². The van der Waals surface area contributed by atoms with Crippen LogP contribution in [0.2, 0.25) is 0 Å². The highest BCUT2D eigenvalue weighted by Crippen LogP contribution is 2.20. The Labute approximate surface area is 99.4 Å². The maximum atomic E-state index is 4.33. The fourth-order valence-electron chi connectivity index (χ4n) is 2.36. The fourth-order valence-corrected chi connectivity index (χ4v) is 2.36. The average Bonchev–Trinajstić information content (AvgIpc) is 2.65. The van der Waals surface area contributed by atoms with Crippen LogP contribution in [-0.2, 0) is 0 Å². The van der Waals surface area contributed by atoms with E-state index in [1.54, 1.807) is 0 Å². The van der Waals surface area contributed by atoms with Crippen molar-refractivity contribution in [3.63, 3.8) is 0 Å². The molecule has 0 aliphatic heterocycles. The largest absolute Gasteiger partial charge is 0.366 e. The monoisotopic (exact) mass is 232 g/mol. The summed E-state index contributed by atoms with van der Waals surface area (Å²) in [6.07, 6.45) is 7.80. The van der Waals surface area contributed by atoms with E-state index in [1.807, 2.05) is 12.1 Å². The minimum absolute atomic E-state index is 0.541. The van der Waals surface area contributed by atoms with E-state index in [9.17, 15) is 0 Å². The van der Waals surface area contributed by atoms with Gasteiger partial charge in [0.1, 0.15) is 5.82 Å². The molecule has 0 atom stereocenters. The minimum Gasteiger partial charge on any atom is -0.366 e. The minimum atomic E-state index is 0.541. The molecule has 3 rings (SSSR count). The number of hydrogen-bond donors (Lipinski definition) is 1. The maximum absolute atomic E-state index is 4.33.